The van der Waals surface area contributed by atoms with Crippen LogP contribution in [0.3, 0.4) is 0 Å². The van der Waals surface area contributed by atoms with Crippen molar-refractivity contribution in [2.75, 3.05) is 5.32 Å². The molecule has 0 bridgehead atoms. The van der Waals surface area contributed by atoms with E-state index in [9.17, 15) is 9.59 Å². The van der Waals surface area contributed by atoms with E-state index in [1.807, 2.05) is 25.1 Å². The van der Waals surface area contributed by atoms with E-state index in [4.69, 9.17) is 4.74 Å². The Bertz CT molecular complexity index is 1030. The van der Waals surface area contributed by atoms with Crippen molar-refractivity contribution in [1.29, 1.82) is 0 Å². The molecule has 0 spiro atoms. The normalized spacial score (nSPS) is 18.5. The number of aromatic nitrogens is 4. The Morgan fingerprint density at radius 1 is 1.26 bits per heavy atom. The van der Waals surface area contributed by atoms with E-state index >= 15 is 0 Å². The van der Waals surface area contributed by atoms with Gasteiger partial charge in [-0.1, -0.05) is 23.8 Å². The molecule has 1 atom stereocenters. The quantitative estimate of drug-likeness (QED) is 0.715. The minimum atomic E-state index is -1.29. The summed E-state index contributed by atoms with van der Waals surface area (Å²) >= 11 is 0. The van der Waals surface area contributed by atoms with Crippen molar-refractivity contribution in [1.82, 2.24) is 20.2 Å². The first-order chi connectivity index (χ1) is 12.9. The van der Waals surface area contributed by atoms with Gasteiger partial charge in [-0.3, -0.25) is 4.79 Å². The number of nitrogens with zero attached hydrogens (tertiary/aromatic N) is 4. The highest BCUT2D eigenvalue weighted by molar-refractivity contribution is 6.02. The monoisotopic (exact) mass is 363 g/mol. The number of ether oxygens (including phenoxy) is 1. The summed E-state index contributed by atoms with van der Waals surface area (Å²) in [5.74, 6) is -0.881. The van der Waals surface area contributed by atoms with Crippen molar-refractivity contribution in [2.45, 2.75) is 25.9 Å². The molecule has 0 unspecified atom stereocenters. The van der Waals surface area contributed by atoms with E-state index in [0.717, 1.165) is 11.1 Å². The molecule has 1 N–H and O–H groups in total. The molecule has 136 valence electrons. The van der Waals surface area contributed by atoms with Gasteiger partial charge >= 0.3 is 5.97 Å². The number of anilines is 1. The molecule has 1 aromatic heterocycles. The molecule has 8 nitrogen and oxygen atoms in total. The Morgan fingerprint density at radius 3 is 2.89 bits per heavy atom. The van der Waals surface area contributed by atoms with E-state index in [2.05, 4.69) is 20.8 Å². The van der Waals surface area contributed by atoms with Crippen LogP contribution in [-0.2, 0) is 16.0 Å². The molecule has 0 aliphatic carbocycles. The summed E-state index contributed by atoms with van der Waals surface area (Å²) in [4.78, 5) is 25.2. The summed E-state index contributed by atoms with van der Waals surface area (Å²) in [6, 6.07) is 12.6. The van der Waals surface area contributed by atoms with Gasteiger partial charge in [0.1, 0.15) is 6.33 Å². The van der Waals surface area contributed by atoms with E-state index in [1.54, 1.807) is 31.2 Å². The molecule has 27 heavy (non-hydrogen) atoms. The number of hydrogen-bond acceptors (Lipinski definition) is 6. The van der Waals surface area contributed by atoms with Crippen LogP contribution in [0.2, 0.25) is 0 Å². The van der Waals surface area contributed by atoms with Crippen LogP contribution in [0.1, 0.15) is 28.4 Å². The van der Waals surface area contributed by atoms with Gasteiger partial charge in [0.2, 0.25) is 0 Å². The average Bonchev–Trinajstić information content (AvgIpc) is 3.16. The van der Waals surface area contributed by atoms with Crippen LogP contribution in [0.25, 0.3) is 5.69 Å². The number of aryl methyl sites for hydroxylation is 1. The predicted octanol–water partition coefficient (Wildman–Crippen LogP) is 2.08. The van der Waals surface area contributed by atoms with Gasteiger partial charge in [-0.15, -0.1) is 5.10 Å². The summed E-state index contributed by atoms with van der Waals surface area (Å²) < 4.78 is 6.97. The van der Waals surface area contributed by atoms with Crippen molar-refractivity contribution in [3.63, 3.8) is 0 Å². The second-order valence-electron chi connectivity index (χ2n) is 6.72. The fourth-order valence-corrected chi connectivity index (χ4v) is 3.12. The second kappa shape index (κ2) is 6.31. The van der Waals surface area contributed by atoms with Crippen molar-refractivity contribution in [3.05, 3.63) is 65.5 Å². The predicted molar refractivity (Wildman–Crippen MR) is 96.5 cm³/mol. The van der Waals surface area contributed by atoms with Crippen LogP contribution >= 0.6 is 0 Å². The summed E-state index contributed by atoms with van der Waals surface area (Å²) in [7, 11) is 0. The molecule has 4 rings (SSSR count). The topological polar surface area (TPSA) is 99.0 Å². The Hall–Kier alpha value is -3.55. The number of amides is 1. The lowest BCUT2D eigenvalue weighted by molar-refractivity contribution is -0.134. The van der Waals surface area contributed by atoms with Gasteiger partial charge < -0.3 is 10.1 Å². The number of rotatable bonds is 3. The first kappa shape index (κ1) is 16.9. The van der Waals surface area contributed by atoms with Gasteiger partial charge in [0.05, 0.1) is 11.3 Å². The first-order valence-electron chi connectivity index (χ1n) is 8.42. The van der Waals surface area contributed by atoms with E-state index in [-0.39, 0.29) is 0 Å². The molecule has 2 heterocycles. The Morgan fingerprint density at radius 2 is 2.11 bits per heavy atom. The fourth-order valence-electron chi connectivity index (χ4n) is 3.12. The molecular weight excluding hydrogens is 346 g/mol. The van der Waals surface area contributed by atoms with Crippen LogP contribution in [0.15, 0.2) is 48.8 Å². The Labute approximate surface area is 155 Å². The van der Waals surface area contributed by atoms with Gasteiger partial charge in [-0.2, -0.15) is 0 Å². The maximum atomic E-state index is 12.9. The van der Waals surface area contributed by atoms with Crippen molar-refractivity contribution in [3.8, 4) is 5.69 Å². The molecule has 0 saturated heterocycles. The SMILES string of the molecule is Cc1ccc2c(c1)C[C@](C)(C(=O)Nc1cccc(-n3cnnn3)c1)OC2=O. The zero-order valence-electron chi connectivity index (χ0n) is 14.8. The number of carbonyl (C=O) groups is 2. The van der Waals surface area contributed by atoms with E-state index in [0.29, 0.717) is 23.4 Å². The summed E-state index contributed by atoms with van der Waals surface area (Å²) in [6.45, 7) is 3.57. The smallest absolute Gasteiger partial charge is 0.339 e. The molecule has 1 aliphatic heterocycles. The Balaban J connectivity index is 1.58. The molecule has 1 aliphatic rings. The summed E-state index contributed by atoms with van der Waals surface area (Å²) in [5.41, 5.74) is 2.31. The highest BCUT2D eigenvalue weighted by atomic mass is 16.6. The zero-order chi connectivity index (χ0) is 19.0. The number of esters is 1. The average molecular weight is 363 g/mol. The first-order valence-corrected chi connectivity index (χ1v) is 8.42. The number of tetrazole rings is 1. The van der Waals surface area contributed by atoms with Crippen molar-refractivity contribution in [2.24, 2.45) is 0 Å². The number of benzene rings is 2. The second-order valence-corrected chi connectivity index (χ2v) is 6.72. The van der Waals surface area contributed by atoms with Crippen LogP contribution in [0, 0.1) is 6.92 Å². The van der Waals surface area contributed by atoms with Crippen molar-refractivity contribution >= 4 is 17.6 Å². The highest BCUT2D eigenvalue weighted by Crippen LogP contribution is 2.30. The van der Waals surface area contributed by atoms with Gasteiger partial charge in [0.15, 0.2) is 5.60 Å². The van der Waals surface area contributed by atoms with E-state index < -0.39 is 17.5 Å². The van der Waals surface area contributed by atoms with Gasteiger partial charge in [0, 0.05) is 12.1 Å². The van der Waals surface area contributed by atoms with Crippen LogP contribution in [0.5, 0.6) is 0 Å². The third-order valence-electron chi connectivity index (χ3n) is 4.52. The number of fused-ring (bicyclic) bond motifs is 1. The van der Waals surface area contributed by atoms with Crippen LogP contribution in [0.4, 0.5) is 5.69 Å². The van der Waals surface area contributed by atoms with Gasteiger partial charge in [-0.05, 0) is 54.1 Å². The third kappa shape index (κ3) is 3.17. The summed E-state index contributed by atoms with van der Waals surface area (Å²) in [6.07, 6.45) is 1.78. The third-order valence-corrected chi connectivity index (χ3v) is 4.52. The van der Waals surface area contributed by atoms with Crippen molar-refractivity contribution < 1.29 is 14.3 Å². The molecule has 0 radical (unpaired) electrons. The van der Waals surface area contributed by atoms with Gasteiger partial charge in [0.25, 0.3) is 5.91 Å². The molecular formula is C19H17N5O3. The molecule has 3 aromatic rings. The zero-order valence-corrected chi connectivity index (χ0v) is 14.8. The molecule has 8 heteroatoms. The minimum absolute atomic E-state index is 0.314. The molecule has 2 aromatic carbocycles. The Kier molecular flexibility index (Phi) is 3.95. The maximum absolute atomic E-state index is 12.9. The number of carbonyl (C=O) groups excluding carboxylic acids is 2. The molecule has 0 saturated carbocycles. The lowest BCUT2D eigenvalue weighted by atomic mass is 9.88. The highest BCUT2D eigenvalue weighted by Gasteiger charge is 2.42. The lowest BCUT2D eigenvalue weighted by Crippen LogP contribution is -2.48. The summed E-state index contributed by atoms with van der Waals surface area (Å²) in [5, 5.41) is 13.8. The number of nitrogens with one attached hydrogen (secondary N) is 1. The van der Waals surface area contributed by atoms with E-state index in [1.165, 1.54) is 11.0 Å². The van der Waals surface area contributed by atoms with Crippen LogP contribution < -0.4 is 5.32 Å². The van der Waals surface area contributed by atoms with Gasteiger partial charge in [-0.25, -0.2) is 9.48 Å². The fraction of sp³-hybridized carbons (Fsp3) is 0.211. The maximum Gasteiger partial charge on any atom is 0.339 e. The lowest BCUT2D eigenvalue weighted by Gasteiger charge is -2.33. The molecule has 0 fully saturated rings. The number of hydrogen-bond donors (Lipinski definition) is 1. The van der Waals surface area contributed by atoms with Crippen LogP contribution in [-0.4, -0.2) is 37.7 Å². The molecule has 1 amide bonds. The standard InChI is InChI=1S/C19H17N5O3/c1-12-6-7-16-13(8-12)10-19(2,27-17(16)25)18(26)21-14-4-3-5-15(9-14)24-11-20-22-23-24/h3-9,11H,10H2,1-2H3,(H,21,26)/t19-/m1/s1. The largest absolute Gasteiger partial charge is 0.445 e. The minimum Gasteiger partial charge on any atom is -0.445 e. The number of cyclic esters (lactones) is 1.